The molecule has 3 nitrogen and oxygen atoms in total. The standard InChI is InChI=1S/C11H13N3S/c1-2-10(11-4-3-5-15-11)14-9-6-12-8-13-7-9/h3-8,10,14H,2H2,1H3. The molecular formula is C11H13N3S. The zero-order valence-electron chi connectivity index (χ0n) is 8.55. The fraction of sp³-hybridized carbons (Fsp3) is 0.273. The van der Waals surface area contributed by atoms with Crippen LogP contribution < -0.4 is 5.32 Å². The molecule has 78 valence electrons. The first-order valence-electron chi connectivity index (χ1n) is 4.95. The summed E-state index contributed by atoms with van der Waals surface area (Å²) in [7, 11) is 0. The van der Waals surface area contributed by atoms with Crippen LogP contribution in [0.25, 0.3) is 0 Å². The van der Waals surface area contributed by atoms with Gasteiger partial charge in [-0.05, 0) is 17.9 Å². The summed E-state index contributed by atoms with van der Waals surface area (Å²) in [6.07, 6.45) is 6.18. The van der Waals surface area contributed by atoms with Crippen LogP contribution in [0.3, 0.4) is 0 Å². The molecule has 0 aliphatic heterocycles. The molecule has 0 aliphatic carbocycles. The number of anilines is 1. The van der Waals surface area contributed by atoms with E-state index in [4.69, 9.17) is 0 Å². The first-order valence-corrected chi connectivity index (χ1v) is 5.83. The second-order valence-corrected chi connectivity index (χ2v) is 4.23. The lowest BCUT2D eigenvalue weighted by Crippen LogP contribution is -2.08. The molecule has 0 amide bonds. The SMILES string of the molecule is CCC(Nc1cncnc1)c1cccs1. The van der Waals surface area contributed by atoms with Gasteiger partial charge >= 0.3 is 0 Å². The number of aromatic nitrogens is 2. The van der Waals surface area contributed by atoms with Gasteiger partial charge in [0.05, 0.1) is 24.1 Å². The van der Waals surface area contributed by atoms with Crippen LogP contribution in [0.1, 0.15) is 24.3 Å². The van der Waals surface area contributed by atoms with E-state index in [1.54, 1.807) is 23.7 Å². The van der Waals surface area contributed by atoms with Crippen LogP contribution in [0.2, 0.25) is 0 Å². The van der Waals surface area contributed by atoms with Crippen LogP contribution in [0.5, 0.6) is 0 Å². The smallest absolute Gasteiger partial charge is 0.115 e. The maximum absolute atomic E-state index is 3.98. The molecule has 2 aromatic heterocycles. The molecule has 0 spiro atoms. The van der Waals surface area contributed by atoms with Crippen LogP contribution in [0.4, 0.5) is 5.69 Å². The van der Waals surface area contributed by atoms with Crippen molar-refractivity contribution in [3.8, 4) is 0 Å². The predicted molar refractivity (Wildman–Crippen MR) is 63.0 cm³/mol. The quantitative estimate of drug-likeness (QED) is 0.858. The number of hydrogen-bond acceptors (Lipinski definition) is 4. The molecule has 15 heavy (non-hydrogen) atoms. The van der Waals surface area contributed by atoms with E-state index in [0.717, 1.165) is 12.1 Å². The highest BCUT2D eigenvalue weighted by Gasteiger charge is 2.09. The summed E-state index contributed by atoms with van der Waals surface area (Å²) in [5, 5.41) is 5.51. The largest absolute Gasteiger partial charge is 0.375 e. The van der Waals surface area contributed by atoms with Crippen molar-refractivity contribution in [1.29, 1.82) is 0 Å². The normalized spacial score (nSPS) is 12.3. The molecule has 2 rings (SSSR count). The average Bonchev–Trinajstić information content (AvgIpc) is 2.81. The number of thiophene rings is 1. The topological polar surface area (TPSA) is 37.8 Å². The summed E-state index contributed by atoms with van der Waals surface area (Å²) in [4.78, 5) is 9.31. The van der Waals surface area contributed by atoms with Gasteiger partial charge in [0.15, 0.2) is 0 Å². The van der Waals surface area contributed by atoms with Crippen molar-refractivity contribution in [2.75, 3.05) is 5.32 Å². The molecule has 1 atom stereocenters. The first kappa shape index (κ1) is 10.1. The maximum Gasteiger partial charge on any atom is 0.115 e. The van der Waals surface area contributed by atoms with Crippen LogP contribution in [0.15, 0.2) is 36.2 Å². The molecule has 1 unspecified atom stereocenters. The molecule has 0 saturated heterocycles. The van der Waals surface area contributed by atoms with Gasteiger partial charge in [-0.25, -0.2) is 9.97 Å². The Morgan fingerprint density at radius 3 is 2.80 bits per heavy atom. The minimum Gasteiger partial charge on any atom is -0.375 e. The fourth-order valence-corrected chi connectivity index (χ4v) is 2.30. The van der Waals surface area contributed by atoms with Crippen molar-refractivity contribution in [3.05, 3.63) is 41.1 Å². The van der Waals surface area contributed by atoms with E-state index in [1.807, 2.05) is 0 Å². The summed E-state index contributed by atoms with van der Waals surface area (Å²) in [6.45, 7) is 2.17. The van der Waals surface area contributed by atoms with Crippen molar-refractivity contribution < 1.29 is 0 Å². The van der Waals surface area contributed by atoms with Crippen molar-refractivity contribution >= 4 is 17.0 Å². The van der Waals surface area contributed by atoms with Crippen LogP contribution in [0, 0.1) is 0 Å². The Morgan fingerprint density at radius 1 is 1.40 bits per heavy atom. The fourth-order valence-electron chi connectivity index (χ4n) is 1.44. The summed E-state index contributed by atoms with van der Waals surface area (Å²) >= 11 is 1.77. The summed E-state index contributed by atoms with van der Waals surface area (Å²) in [6, 6.07) is 4.58. The Kier molecular flexibility index (Phi) is 3.29. The molecule has 0 fully saturated rings. The second kappa shape index (κ2) is 4.89. The van der Waals surface area contributed by atoms with Crippen molar-refractivity contribution in [2.24, 2.45) is 0 Å². The van der Waals surface area contributed by atoms with Crippen molar-refractivity contribution in [3.63, 3.8) is 0 Å². The lowest BCUT2D eigenvalue weighted by atomic mass is 10.2. The van der Waals surface area contributed by atoms with E-state index in [-0.39, 0.29) is 0 Å². The number of nitrogens with one attached hydrogen (secondary N) is 1. The Bertz CT molecular complexity index is 385. The van der Waals surface area contributed by atoms with Crippen molar-refractivity contribution in [1.82, 2.24) is 9.97 Å². The highest BCUT2D eigenvalue weighted by molar-refractivity contribution is 7.10. The molecule has 0 radical (unpaired) electrons. The molecule has 4 heteroatoms. The van der Waals surface area contributed by atoms with Gasteiger partial charge in [0.1, 0.15) is 6.33 Å². The van der Waals surface area contributed by atoms with E-state index in [9.17, 15) is 0 Å². The lowest BCUT2D eigenvalue weighted by Gasteiger charge is -2.15. The van der Waals surface area contributed by atoms with Crippen LogP contribution in [-0.4, -0.2) is 9.97 Å². The Morgan fingerprint density at radius 2 is 2.20 bits per heavy atom. The Balaban J connectivity index is 2.10. The highest BCUT2D eigenvalue weighted by Crippen LogP contribution is 2.25. The van der Waals surface area contributed by atoms with E-state index >= 15 is 0 Å². The molecule has 0 saturated carbocycles. The third kappa shape index (κ3) is 2.53. The number of hydrogen-bond donors (Lipinski definition) is 1. The first-order chi connectivity index (χ1) is 7.40. The molecule has 1 N–H and O–H groups in total. The monoisotopic (exact) mass is 219 g/mol. The minimum atomic E-state index is 0.357. The number of nitrogens with zero attached hydrogens (tertiary/aromatic N) is 2. The molecule has 0 bridgehead atoms. The van der Waals surface area contributed by atoms with E-state index < -0.39 is 0 Å². The maximum atomic E-state index is 3.98. The minimum absolute atomic E-state index is 0.357. The summed E-state index contributed by atoms with van der Waals surface area (Å²) < 4.78 is 0. The summed E-state index contributed by atoms with van der Waals surface area (Å²) in [5.74, 6) is 0. The zero-order chi connectivity index (χ0) is 10.5. The van der Waals surface area contributed by atoms with Gasteiger partial charge < -0.3 is 5.32 Å². The molecule has 0 aliphatic rings. The lowest BCUT2D eigenvalue weighted by molar-refractivity contribution is 0.762. The van der Waals surface area contributed by atoms with Crippen molar-refractivity contribution in [2.45, 2.75) is 19.4 Å². The Labute approximate surface area is 93.2 Å². The average molecular weight is 219 g/mol. The van der Waals surface area contributed by atoms with E-state index in [0.29, 0.717) is 6.04 Å². The predicted octanol–water partition coefficient (Wildman–Crippen LogP) is 3.10. The zero-order valence-corrected chi connectivity index (χ0v) is 9.37. The summed E-state index contributed by atoms with van der Waals surface area (Å²) in [5.41, 5.74) is 0.970. The number of rotatable bonds is 4. The van der Waals surface area contributed by atoms with Gasteiger partial charge in [-0.15, -0.1) is 11.3 Å². The highest BCUT2D eigenvalue weighted by atomic mass is 32.1. The second-order valence-electron chi connectivity index (χ2n) is 3.25. The van der Waals surface area contributed by atoms with Gasteiger partial charge in [-0.3, -0.25) is 0 Å². The van der Waals surface area contributed by atoms with Crippen LogP contribution in [-0.2, 0) is 0 Å². The molecule has 0 aromatic carbocycles. The third-order valence-electron chi connectivity index (χ3n) is 2.20. The van der Waals surface area contributed by atoms with Gasteiger partial charge in [-0.1, -0.05) is 13.0 Å². The third-order valence-corrected chi connectivity index (χ3v) is 3.18. The molecule has 2 aromatic rings. The molecular weight excluding hydrogens is 206 g/mol. The van der Waals surface area contributed by atoms with E-state index in [1.165, 1.54) is 11.2 Å². The van der Waals surface area contributed by atoms with E-state index in [2.05, 4.69) is 39.7 Å². The van der Waals surface area contributed by atoms with Gasteiger partial charge in [0, 0.05) is 4.88 Å². The molecule has 2 heterocycles. The van der Waals surface area contributed by atoms with Crippen LogP contribution >= 0.6 is 11.3 Å². The Hall–Kier alpha value is -1.42. The van der Waals surface area contributed by atoms with Gasteiger partial charge in [0.2, 0.25) is 0 Å². The van der Waals surface area contributed by atoms with Gasteiger partial charge in [-0.2, -0.15) is 0 Å². The van der Waals surface area contributed by atoms with Gasteiger partial charge in [0.25, 0.3) is 0 Å².